The molecule has 0 atom stereocenters. The predicted octanol–water partition coefficient (Wildman–Crippen LogP) is 3.32. The maximum atomic E-state index is 12.5. The van der Waals surface area contributed by atoms with E-state index in [1.54, 1.807) is 0 Å². The molecule has 0 bridgehead atoms. The molecule has 0 aromatic carbocycles. The minimum absolute atomic E-state index is 0.396. The van der Waals surface area contributed by atoms with Crippen molar-refractivity contribution < 1.29 is 31.9 Å². The monoisotopic (exact) mass is 289 g/mol. The lowest BCUT2D eigenvalue weighted by Crippen LogP contribution is -2.14. The summed E-state index contributed by atoms with van der Waals surface area (Å²) >= 11 is 5.19. The Bertz CT molecular complexity index is 475. The topological polar surface area (TPSA) is 50.2 Å². The van der Waals surface area contributed by atoms with Crippen LogP contribution < -0.4 is 0 Å². The average molecular weight is 290 g/mol. The molecule has 0 saturated heterocycles. The Kier molecular flexibility index (Phi) is 4.10. The number of hydrogen-bond donors (Lipinski definition) is 1. The van der Waals surface area contributed by atoms with E-state index in [9.17, 15) is 26.7 Å². The molecule has 0 spiro atoms. The van der Waals surface area contributed by atoms with Gasteiger partial charge in [0.25, 0.3) is 6.43 Å². The van der Waals surface area contributed by atoms with Crippen molar-refractivity contribution in [2.75, 3.05) is 0 Å². The first kappa shape index (κ1) is 14.6. The molecule has 0 fully saturated rings. The molecule has 1 aromatic rings. The van der Waals surface area contributed by atoms with Gasteiger partial charge in [-0.05, 0) is 6.07 Å². The van der Waals surface area contributed by atoms with Crippen molar-refractivity contribution in [2.45, 2.75) is 19.0 Å². The highest BCUT2D eigenvalue weighted by molar-refractivity contribution is 6.30. The zero-order valence-electron chi connectivity index (χ0n) is 8.43. The Labute approximate surface area is 102 Å². The SMILES string of the molecule is O=C(O)Cc1cc(C(F)F)c(C(F)(F)F)c(Cl)n1. The summed E-state index contributed by atoms with van der Waals surface area (Å²) in [5, 5.41) is 7.24. The molecule has 0 radical (unpaired) electrons. The number of hydrogen-bond acceptors (Lipinski definition) is 2. The van der Waals surface area contributed by atoms with Crippen molar-refractivity contribution in [1.82, 2.24) is 4.98 Å². The van der Waals surface area contributed by atoms with E-state index in [2.05, 4.69) is 4.98 Å². The highest BCUT2D eigenvalue weighted by atomic mass is 35.5. The lowest BCUT2D eigenvalue weighted by Gasteiger charge is -2.14. The first-order valence-electron chi connectivity index (χ1n) is 4.39. The van der Waals surface area contributed by atoms with Crippen LogP contribution in [0.4, 0.5) is 22.0 Å². The molecule has 18 heavy (non-hydrogen) atoms. The Morgan fingerprint density at radius 3 is 2.39 bits per heavy atom. The van der Waals surface area contributed by atoms with Gasteiger partial charge in [0.15, 0.2) is 0 Å². The number of halogens is 6. The predicted molar refractivity (Wildman–Crippen MR) is 50.5 cm³/mol. The zero-order valence-corrected chi connectivity index (χ0v) is 9.19. The van der Waals surface area contributed by atoms with Crippen LogP contribution >= 0.6 is 11.6 Å². The maximum absolute atomic E-state index is 12.5. The maximum Gasteiger partial charge on any atom is 0.419 e. The molecule has 1 heterocycles. The molecule has 1 aromatic heterocycles. The van der Waals surface area contributed by atoms with Gasteiger partial charge in [-0.2, -0.15) is 13.2 Å². The van der Waals surface area contributed by atoms with Crippen LogP contribution in [0.25, 0.3) is 0 Å². The summed E-state index contributed by atoms with van der Waals surface area (Å²) in [6.07, 6.45) is -9.32. The van der Waals surface area contributed by atoms with Gasteiger partial charge in [-0.3, -0.25) is 4.79 Å². The van der Waals surface area contributed by atoms with Crippen molar-refractivity contribution in [2.24, 2.45) is 0 Å². The molecule has 1 rings (SSSR count). The van der Waals surface area contributed by atoms with Crippen molar-refractivity contribution in [3.05, 3.63) is 28.0 Å². The number of carbonyl (C=O) groups is 1. The smallest absolute Gasteiger partial charge is 0.419 e. The van der Waals surface area contributed by atoms with Crippen LogP contribution in [0, 0.1) is 0 Å². The van der Waals surface area contributed by atoms with E-state index >= 15 is 0 Å². The molecular weight excluding hydrogens is 285 g/mol. The molecule has 1 N–H and O–H groups in total. The second-order valence-electron chi connectivity index (χ2n) is 3.24. The van der Waals surface area contributed by atoms with Crippen molar-refractivity contribution >= 4 is 17.6 Å². The van der Waals surface area contributed by atoms with E-state index in [1.165, 1.54) is 0 Å². The van der Waals surface area contributed by atoms with Crippen LogP contribution in [0.1, 0.15) is 23.2 Å². The van der Waals surface area contributed by atoms with Crippen LogP contribution in [-0.4, -0.2) is 16.1 Å². The molecule has 9 heteroatoms. The van der Waals surface area contributed by atoms with Gasteiger partial charge in [0.1, 0.15) is 10.7 Å². The molecule has 0 amide bonds. The average Bonchev–Trinajstić information content (AvgIpc) is 2.12. The van der Waals surface area contributed by atoms with Gasteiger partial charge in [0, 0.05) is 5.56 Å². The molecule has 3 nitrogen and oxygen atoms in total. The second kappa shape index (κ2) is 5.05. The fourth-order valence-electron chi connectivity index (χ4n) is 1.28. The number of nitrogens with zero attached hydrogens (tertiary/aromatic N) is 1. The Hall–Kier alpha value is -1.44. The second-order valence-corrected chi connectivity index (χ2v) is 3.60. The van der Waals surface area contributed by atoms with Crippen molar-refractivity contribution in [3.8, 4) is 0 Å². The fourth-order valence-corrected chi connectivity index (χ4v) is 1.61. The van der Waals surface area contributed by atoms with Crippen molar-refractivity contribution in [1.29, 1.82) is 0 Å². The van der Waals surface area contributed by atoms with Gasteiger partial charge >= 0.3 is 12.1 Å². The van der Waals surface area contributed by atoms with E-state index in [0.717, 1.165) is 0 Å². The van der Waals surface area contributed by atoms with Gasteiger partial charge in [-0.1, -0.05) is 11.6 Å². The summed E-state index contributed by atoms with van der Waals surface area (Å²) in [4.78, 5) is 13.5. The molecule has 0 aliphatic rings. The Balaban J connectivity index is 3.41. The van der Waals surface area contributed by atoms with Gasteiger partial charge in [-0.25, -0.2) is 13.8 Å². The van der Waals surface area contributed by atoms with Crippen LogP contribution in [0.3, 0.4) is 0 Å². The summed E-state index contributed by atoms with van der Waals surface area (Å²) in [6.45, 7) is 0. The third kappa shape index (κ3) is 3.28. The summed E-state index contributed by atoms with van der Waals surface area (Å²) in [6, 6.07) is 0.396. The highest BCUT2D eigenvalue weighted by Crippen LogP contribution is 2.40. The van der Waals surface area contributed by atoms with Gasteiger partial charge in [0.05, 0.1) is 12.1 Å². The van der Waals surface area contributed by atoms with E-state index in [-0.39, 0.29) is 0 Å². The molecular formula is C9H5ClF5NO2. The van der Waals surface area contributed by atoms with Crippen LogP contribution in [0.15, 0.2) is 6.07 Å². The zero-order chi connectivity index (χ0) is 14.1. The van der Waals surface area contributed by atoms with Crippen LogP contribution in [-0.2, 0) is 17.4 Å². The first-order chi connectivity index (χ1) is 8.12. The Morgan fingerprint density at radius 2 is 2.00 bits per heavy atom. The lowest BCUT2D eigenvalue weighted by molar-refractivity contribution is -0.139. The minimum atomic E-state index is -5.09. The van der Waals surface area contributed by atoms with Gasteiger partial charge < -0.3 is 5.11 Å². The first-order valence-corrected chi connectivity index (χ1v) is 4.77. The summed E-state index contributed by atoms with van der Waals surface area (Å²) in [5.41, 5.74) is -3.58. The van der Waals surface area contributed by atoms with Gasteiger partial charge in [0.2, 0.25) is 0 Å². The van der Waals surface area contributed by atoms with Gasteiger partial charge in [-0.15, -0.1) is 0 Å². The Morgan fingerprint density at radius 1 is 1.44 bits per heavy atom. The molecule has 100 valence electrons. The molecule has 0 aliphatic heterocycles. The van der Waals surface area contributed by atoms with E-state index in [1.807, 2.05) is 0 Å². The molecule has 0 unspecified atom stereocenters. The molecule has 0 saturated carbocycles. The normalized spacial score (nSPS) is 11.9. The number of aromatic nitrogens is 1. The standard InChI is InChI=1S/C9H5ClF5NO2/c10-7-6(9(13,14)15)4(8(11)12)1-3(16-7)2-5(17)18/h1,8H,2H2,(H,17,18). The van der Waals surface area contributed by atoms with Crippen LogP contribution in [0.5, 0.6) is 0 Å². The number of pyridine rings is 1. The summed E-state index contributed by atoms with van der Waals surface area (Å²) in [7, 11) is 0. The van der Waals surface area contributed by atoms with E-state index in [0.29, 0.717) is 6.07 Å². The van der Waals surface area contributed by atoms with Crippen molar-refractivity contribution in [3.63, 3.8) is 0 Å². The summed E-state index contributed by atoms with van der Waals surface area (Å²) in [5.74, 6) is -1.42. The van der Waals surface area contributed by atoms with Crippen LogP contribution in [0.2, 0.25) is 5.15 Å². The van der Waals surface area contributed by atoms with E-state index < -0.39 is 47.0 Å². The summed E-state index contributed by atoms with van der Waals surface area (Å²) < 4.78 is 62.5. The van der Waals surface area contributed by atoms with E-state index in [4.69, 9.17) is 16.7 Å². The third-order valence-electron chi connectivity index (χ3n) is 1.91. The minimum Gasteiger partial charge on any atom is -0.481 e. The number of carboxylic acid groups (broad SMARTS) is 1. The largest absolute Gasteiger partial charge is 0.481 e. The molecule has 0 aliphatic carbocycles. The third-order valence-corrected chi connectivity index (χ3v) is 2.18. The highest BCUT2D eigenvalue weighted by Gasteiger charge is 2.39. The number of carboxylic acids is 1. The fraction of sp³-hybridized carbons (Fsp3) is 0.333. The lowest BCUT2D eigenvalue weighted by atomic mass is 10.1. The number of alkyl halides is 5. The number of rotatable bonds is 3. The number of aliphatic carboxylic acids is 1. The quantitative estimate of drug-likeness (QED) is 0.686.